The van der Waals surface area contributed by atoms with Crippen molar-refractivity contribution in [1.82, 2.24) is 9.88 Å². The molecule has 1 aliphatic heterocycles. The van der Waals surface area contributed by atoms with Gasteiger partial charge in [-0.1, -0.05) is 6.92 Å². The van der Waals surface area contributed by atoms with Gasteiger partial charge in [-0.25, -0.2) is 4.98 Å². The van der Waals surface area contributed by atoms with Crippen LogP contribution in [0.4, 0.5) is 0 Å². The summed E-state index contributed by atoms with van der Waals surface area (Å²) in [7, 11) is 0. The van der Waals surface area contributed by atoms with Crippen LogP contribution in [0, 0.1) is 0 Å². The molecule has 1 saturated heterocycles. The number of nitrogens with zero attached hydrogens (tertiary/aromatic N) is 2. The van der Waals surface area contributed by atoms with E-state index in [2.05, 4.69) is 11.9 Å². The van der Waals surface area contributed by atoms with Crippen molar-refractivity contribution in [1.29, 1.82) is 0 Å². The molecular weight excluding hydrogens is 286 g/mol. The number of amides is 1. The predicted octanol–water partition coefficient (Wildman–Crippen LogP) is 1.60. The van der Waals surface area contributed by atoms with Crippen LogP contribution in [0.1, 0.15) is 36.9 Å². The number of aromatic nitrogens is 1. The first kappa shape index (κ1) is 16.4. The molecule has 0 bridgehead atoms. The summed E-state index contributed by atoms with van der Waals surface area (Å²) in [6.45, 7) is 5.06. The van der Waals surface area contributed by atoms with Gasteiger partial charge < -0.3 is 15.4 Å². The van der Waals surface area contributed by atoms with Crippen molar-refractivity contribution in [2.45, 2.75) is 45.1 Å². The van der Waals surface area contributed by atoms with Crippen LogP contribution in [0.15, 0.2) is 5.38 Å². The van der Waals surface area contributed by atoms with E-state index in [9.17, 15) is 4.79 Å². The van der Waals surface area contributed by atoms with Crippen LogP contribution in [0.25, 0.3) is 0 Å². The zero-order valence-corrected chi connectivity index (χ0v) is 13.5. The lowest BCUT2D eigenvalue weighted by atomic mass is 10.1. The lowest BCUT2D eigenvalue weighted by Gasteiger charge is -2.32. The van der Waals surface area contributed by atoms with Crippen molar-refractivity contribution in [3.05, 3.63) is 16.1 Å². The minimum absolute atomic E-state index is 0.184. The number of thiazole rings is 1. The van der Waals surface area contributed by atoms with Gasteiger partial charge in [0.1, 0.15) is 0 Å². The Kier molecular flexibility index (Phi) is 6.60. The van der Waals surface area contributed by atoms with Crippen LogP contribution in [0.2, 0.25) is 0 Å². The van der Waals surface area contributed by atoms with Gasteiger partial charge in [-0.3, -0.25) is 4.79 Å². The first-order chi connectivity index (χ1) is 10.2. The number of hydrogen-bond acceptors (Lipinski definition) is 5. The highest BCUT2D eigenvalue weighted by Gasteiger charge is 2.23. The molecule has 2 N–H and O–H groups in total. The topological polar surface area (TPSA) is 68.5 Å². The molecule has 5 nitrogen and oxygen atoms in total. The molecule has 1 aromatic rings. The van der Waals surface area contributed by atoms with Crippen LogP contribution in [0.5, 0.6) is 0 Å². The lowest BCUT2D eigenvalue weighted by molar-refractivity contribution is -0.133. The van der Waals surface area contributed by atoms with E-state index in [1.54, 1.807) is 11.3 Å². The monoisotopic (exact) mass is 311 g/mol. The van der Waals surface area contributed by atoms with Crippen LogP contribution >= 0.6 is 11.3 Å². The number of carbonyl (C=O) groups excluding carboxylic acids is 1. The zero-order chi connectivity index (χ0) is 15.1. The summed E-state index contributed by atoms with van der Waals surface area (Å²) in [4.78, 5) is 18.7. The Labute approximate surface area is 130 Å². The molecule has 0 atom stereocenters. The second-order valence-electron chi connectivity index (χ2n) is 5.36. The number of rotatable bonds is 7. The van der Waals surface area contributed by atoms with Gasteiger partial charge in [-0.15, -0.1) is 11.3 Å². The molecule has 2 heterocycles. The number of hydrogen-bond donors (Lipinski definition) is 1. The van der Waals surface area contributed by atoms with Gasteiger partial charge in [0.05, 0.1) is 23.2 Å². The van der Waals surface area contributed by atoms with Crippen LogP contribution in [-0.2, 0) is 22.4 Å². The fourth-order valence-electron chi connectivity index (χ4n) is 2.46. The average Bonchev–Trinajstić information content (AvgIpc) is 2.96. The summed E-state index contributed by atoms with van der Waals surface area (Å²) >= 11 is 1.64. The fourth-order valence-corrected chi connectivity index (χ4v) is 3.21. The van der Waals surface area contributed by atoms with Gasteiger partial charge in [0.25, 0.3) is 0 Å². The van der Waals surface area contributed by atoms with Crippen LogP contribution in [0.3, 0.4) is 0 Å². The molecule has 1 aromatic heterocycles. The second kappa shape index (κ2) is 8.46. The van der Waals surface area contributed by atoms with Crippen molar-refractivity contribution >= 4 is 17.2 Å². The molecule has 0 spiro atoms. The number of piperidine rings is 1. The molecule has 0 aromatic carbocycles. The highest BCUT2D eigenvalue weighted by atomic mass is 32.1. The molecule has 0 saturated carbocycles. The van der Waals surface area contributed by atoms with E-state index in [4.69, 9.17) is 10.5 Å². The van der Waals surface area contributed by atoms with E-state index in [0.29, 0.717) is 13.0 Å². The van der Waals surface area contributed by atoms with Crippen molar-refractivity contribution in [3.63, 3.8) is 0 Å². The highest BCUT2D eigenvalue weighted by Crippen LogP contribution is 2.16. The van der Waals surface area contributed by atoms with Crippen molar-refractivity contribution < 1.29 is 9.53 Å². The first-order valence-corrected chi connectivity index (χ1v) is 8.63. The summed E-state index contributed by atoms with van der Waals surface area (Å²) in [6.07, 6.45) is 4.40. The fraction of sp³-hybridized carbons (Fsp3) is 0.733. The summed E-state index contributed by atoms with van der Waals surface area (Å²) in [5.74, 6) is 0.184. The molecule has 1 aliphatic rings. The van der Waals surface area contributed by atoms with E-state index in [0.717, 1.165) is 56.1 Å². The van der Waals surface area contributed by atoms with Gasteiger partial charge in [0.2, 0.25) is 5.91 Å². The molecule has 2 rings (SSSR count). The SMILES string of the molecule is CCc1nc(CC(=O)N2CCC(OCCCN)CC2)cs1. The molecule has 0 unspecified atom stereocenters. The molecule has 6 heteroatoms. The molecule has 1 fully saturated rings. The molecule has 1 amide bonds. The quantitative estimate of drug-likeness (QED) is 0.777. The van der Waals surface area contributed by atoms with E-state index in [1.165, 1.54) is 0 Å². The third-order valence-corrected chi connectivity index (χ3v) is 4.77. The van der Waals surface area contributed by atoms with E-state index >= 15 is 0 Å². The van der Waals surface area contributed by atoms with Gasteiger partial charge >= 0.3 is 0 Å². The summed E-state index contributed by atoms with van der Waals surface area (Å²) in [6, 6.07) is 0. The molecule has 118 valence electrons. The number of aryl methyl sites for hydroxylation is 1. The Bertz CT molecular complexity index is 442. The smallest absolute Gasteiger partial charge is 0.228 e. The minimum Gasteiger partial charge on any atom is -0.378 e. The Morgan fingerprint density at radius 3 is 2.90 bits per heavy atom. The number of likely N-dealkylation sites (tertiary alicyclic amines) is 1. The maximum atomic E-state index is 12.3. The third kappa shape index (κ3) is 5.05. The Morgan fingerprint density at radius 2 is 2.29 bits per heavy atom. The molecule has 0 aliphatic carbocycles. The maximum Gasteiger partial charge on any atom is 0.228 e. The van der Waals surface area contributed by atoms with E-state index < -0.39 is 0 Å². The standard InChI is InChI=1S/C15H25N3O2S/c1-2-14-17-12(11-21-14)10-15(19)18-7-4-13(5-8-18)20-9-3-6-16/h11,13H,2-10,16H2,1H3. The van der Waals surface area contributed by atoms with Gasteiger partial charge in [-0.2, -0.15) is 0 Å². The lowest BCUT2D eigenvalue weighted by Crippen LogP contribution is -2.41. The van der Waals surface area contributed by atoms with Crippen molar-refractivity contribution in [2.75, 3.05) is 26.2 Å². The normalized spacial score (nSPS) is 16.4. The number of nitrogens with two attached hydrogens (primary N) is 1. The molecule has 0 radical (unpaired) electrons. The van der Waals surface area contributed by atoms with Gasteiger partial charge in [0.15, 0.2) is 0 Å². The van der Waals surface area contributed by atoms with Crippen LogP contribution < -0.4 is 5.73 Å². The minimum atomic E-state index is 0.184. The van der Waals surface area contributed by atoms with Crippen LogP contribution in [-0.4, -0.2) is 48.1 Å². The summed E-state index contributed by atoms with van der Waals surface area (Å²) in [5, 5.41) is 3.10. The Hall–Kier alpha value is -0.980. The van der Waals surface area contributed by atoms with Gasteiger partial charge in [-0.05, 0) is 32.2 Å². The van der Waals surface area contributed by atoms with Gasteiger partial charge in [0, 0.05) is 25.1 Å². The number of ether oxygens (including phenoxy) is 1. The molecule has 21 heavy (non-hydrogen) atoms. The highest BCUT2D eigenvalue weighted by molar-refractivity contribution is 7.09. The second-order valence-corrected chi connectivity index (χ2v) is 6.30. The first-order valence-electron chi connectivity index (χ1n) is 7.75. The van der Waals surface area contributed by atoms with Crippen molar-refractivity contribution in [2.24, 2.45) is 5.73 Å². The predicted molar refractivity (Wildman–Crippen MR) is 84.4 cm³/mol. The largest absolute Gasteiger partial charge is 0.378 e. The van der Waals surface area contributed by atoms with E-state index in [-0.39, 0.29) is 12.0 Å². The van der Waals surface area contributed by atoms with Crippen molar-refractivity contribution in [3.8, 4) is 0 Å². The third-order valence-electron chi connectivity index (χ3n) is 3.73. The van der Waals surface area contributed by atoms with E-state index in [1.807, 2.05) is 10.3 Å². The Morgan fingerprint density at radius 1 is 1.52 bits per heavy atom. The maximum absolute atomic E-state index is 12.3. The molecular formula is C15H25N3O2S. The Balaban J connectivity index is 1.72. The zero-order valence-electron chi connectivity index (χ0n) is 12.7. The number of carbonyl (C=O) groups is 1. The average molecular weight is 311 g/mol. The summed E-state index contributed by atoms with van der Waals surface area (Å²) in [5.41, 5.74) is 6.36. The summed E-state index contributed by atoms with van der Waals surface area (Å²) < 4.78 is 5.76.